The van der Waals surface area contributed by atoms with Crippen LogP contribution < -0.4 is 5.32 Å². The van der Waals surface area contributed by atoms with Gasteiger partial charge in [0.2, 0.25) is 0 Å². The van der Waals surface area contributed by atoms with Crippen molar-refractivity contribution in [1.82, 2.24) is 10.2 Å². The molecule has 1 aliphatic heterocycles. The maximum Gasteiger partial charge on any atom is -0.000664 e. The predicted molar refractivity (Wildman–Crippen MR) is 76.4 cm³/mol. The first-order valence-electron chi connectivity index (χ1n) is 7.43. The van der Waals surface area contributed by atoms with E-state index < -0.39 is 0 Å². The van der Waals surface area contributed by atoms with Gasteiger partial charge in [-0.3, -0.25) is 0 Å². The van der Waals surface area contributed by atoms with Crippen LogP contribution in [0, 0.1) is 11.3 Å². The van der Waals surface area contributed by atoms with Gasteiger partial charge in [-0.15, -0.1) is 0 Å². The van der Waals surface area contributed by atoms with Crippen LogP contribution in [-0.4, -0.2) is 37.6 Å². The molecule has 102 valence electrons. The van der Waals surface area contributed by atoms with Crippen molar-refractivity contribution in [2.75, 3.05) is 32.7 Å². The Balaban J connectivity index is 1.90. The second-order valence-corrected chi connectivity index (χ2v) is 6.71. The summed E-state index contributed by atoms with van der Waals surface area (Å²) in [5, 5.41) is 3.59. The third-order valence-electron chi connectivity index (χ3n) is 4.26. The van der Waals surface area contributed by atoms with Crippen LogP contribution in [0.1, 0.15) is 53.4 Å². The molecule has 0 bridgehead atoms. The Morgan fingerprint density at radius 3 is 2.35 bits per heavy atom. The molecule has 0 amide bonds. The molecule has 2 nitrogen and oxygen atoms in total. The van der Waals surface area contributed by atoms with E-state index in [1.54, 1.807) is 0 Å². The summed E-state index contributed by atoms with van der Waals surface area (Å²) in [6, 6.07) is 0. The molecule has 1 atom stereocenters. The quantitative estimate of drug-likeness (QED) is 0.688. The highest BCUT2D eigenvalue weighted by atomic mass is 15.1. The van der Waals surface area contributed by atoms with Gasteiger partial charge in [0.05, 0.1) is 0 Å². The largest absolute Gasteiger partial charge is 0.317 e. The smallest absolute Gasteiger partial charge is 0.000664 e. The van der Waals surface area contributed by atoms with Gasteiger partial charge in [0.25, 0.3) is 0 Å². The lowest BCUT2D eigenvalue weighted by atomic mass is 9.80. The normalized spacial score (nSPS) is 19.8. The van der Waals surface area contributed by atoms with Crippen LogP contribution in [0.4, 0.5) is 0 Å². The molecule has 1 saturated heterocycles. The number of nitrogens with one attached hydrogen (secondary N) is 1. The summed E-state index contributed by atoms with van der Waals surface area (Å²) in [7, 11) is 0. The van der Waals surface area contributed by atoms with Crippen LogP contribution in [0.25, 0.3) is 0 Å². The standard InChI is InChI=1S/C15H32N2/c1-14(15(2,3)4)8-10-16-9-7-13-17-11-5-6-12-17/h14,16H,5-13H2,1-4H3. The zero-order valence-electron chi connectivity index (χ0n) is 12.4. The first kappa shape index (κ1) is 15.0. The van der Waals surface area contributed by atoms with Gasteiger partial charge >= 0.3 is 0 Å². The summed E-state index contributed by atoms with van der Waals surface area (Å²) >= 11 is 0. The van der Waals surface area contributed by atoms with Crippen LogP contribution in [-0.2, 0) is 0 Å². The third kappa shape index (κ3) is 6.42. The highest BCUT2D eigenvalue weighted by Gasteiger charge is 2.18. The second kappa shape index (κ2) is 7.38. The molecule has 0 radical (unpaired) electrons. The summed E-state index contributed by atoms with van der Waals surface area (Å²) in [6.07, 6.45) is 5.43. The zero-order valence-corrected chi connectivity index (χ0v) is 12.4. The average Bonchev–Trinajstić information content (AvgIpc) is 2.74. The molecule has 0 aliphatic carbocycles. The van der Waals surface area contributed by atoms with Crippen LogP contribution in [0.2, 0.25) is 0 Å². The van der Waals surface area contributed by atoms with Crippen molar-refractivity contribution < 1.29 is 0 Å². The van der Waals surface area contributed by atoms with E-state index >= 15 is 0 Å². The van der Waals surface area contributed by atoms with Gasteiger partial charge < -0.3 is 10.2 Å². The molecule has 1 fully saturated rings. The Hall–Kier alpha value is -0.0800. The number of nitrogens with zero attached hydrogens (tertiary/aromatic N) is 1. The lowest BCUT2D eigenvalue weighted by Crippen LogP contribution is -2.27. The van der Waals surface area contributed by atoms with Crippen molar-refractivity contribution in [3.8, 4) is 0 Å². The highest BCUT2D eigenvalue weighted by Crippen LogP contribution is 2.27. The van der Waals surface area contributed by atoms with Gasteiger partial charge in [0.1, 0.15) is 0 Å². The van der Waals surface area contributed by atoms with Crippen molar-refractivity contribution in [2.24, 2.45) is 11.3 Å². The lowest BCUT2D eigenvalue weighted by molar-refractivity contribution is 0.244. The molecule has 1 N–H and O–H groups in total. The van der Waals surface area contributed by atoms with Crippen molar-refractivity contribution in [3.05, 3.63) is 0 Å². The van der Waals surface area contributed by atoms with E-state index in [0.29, 0.717) is 5.41 Å². The van der Waals surface area contributed by atoms with E-state index in [-0.39, 0.29) is 0 Å². The number of likely N-dealkylation sites (tertiary alicyclic amines) is 1. The van der Waals surface area contributed by atoms with Gasteiger partial charge in [-0.05, 0) is 69.7 Å². The van der Waals surface area contributed by atoms with Gasteiger partial charge in [0.15, 0.2) is 0 Å². The Morgan fingerprint density at radius 1 is 1.12 bits per heavy atom. The molecule has 0 spiro atoms. The van der Waals surface area contributed by atoms with Crippen LogP contribution in [0.3, 0.4) is 0 Å². The fourth-order valence-corrected chi connectivity index (χ4v) is 2.31. The average molecular weight is 240 g/mol. The molecule has 1 aliphatic rings. The van der Waals surface area contributed by atoms with Crippen molar-refractivity contribution in [1.29, 1.82) is 0 Å². The summed E-state index contributed by atoms with van der Waals surface area (Å²) in [6.45, 7) is 15.7. The number of rotatable bonds is 7. The van der Waals surface area contributed by atoms with Gasteiger partial charge in [0, 0.05) is 0 Å². The lowest BCUT2D eigenvalue weighted by Gasteiger charge is -2.27. The summed E-state index contributed by atoms with van der Waals surface area (Å²) in [5.74, 6) is 0.800. The van der Waals surface area contributed by atoms with E-state index in [1.807, 2.05) is 0 Å². The molecule has 2 heteroatoms. The van der Waals surface area contributed by atoms with E-state index in [1.165, 1.54) is 58.4 Å². The topological polar surface area (TPSA) is 15.3 Å². The molecule has 17 heavy (non-hydrogen) atoms. The fourth-order valence-electron chi connectivity index (χ4n) is 2.31. The van der Waals surface area contributed by atoms with Crippen molar-refractivity contribution >= 4 is 0 Å². The van der Waals surface area contributed by atoms with Crippen molar-refractivity contribution in [3.63, 3.8) is 0 Å². The van der Waals surface area contributed by atoms with Gasteiger partial charge in [-0.1, -0.05) is 27.7 Å². The van der Waals surface area contributed by atoms with Crippen molar-refractivity contribution in [2.45, 2.75) is 53.4 Å². The molecule has 0 aromatic heterocycles. The molecule has 1 rings (SSSR count). The first-order valence-corrected chi connectivity index (χ1v) is 7.43. The van der Waals surface area contributed by atoms with Crippen LogP contribution >= 0.6 is 0 Å². The second-order valence-electron chi connectivity index (χ2n) is 6.71. The molecule has 0 aromatic carbocycles. The molecule has 0 aromatic rings. The molecule has 1 unspecified atom stereocenters. The summed E-state index contributed by atoms with van der Waals surface area (Å²) in [5.41, 5.74) is 0.456. The Kier molecular flexibility index (Phi) is 6.50. The zero-order chi connectivity index (χ0) is 12.7. The third-order valence-corrected chi connectivity index (χ3v) is 4.26. The molecular formula is C15H32N2. The van der Waals surface area contributed by atoms with E-state index in [9.17, 15) is 0 Å². The minimum Gasteiger partial charge on any atom is -0.317 e. The minimum absolute atomic E-state index is 0.456. The maximum absolute atomic E-state index is 3.59. The van der Waals surface area contributed by atoms with Crippen LogP contribution in [0.5, 0.6) is 0 Å². The molecule has 0 saturated carbocycles. The maximum atomic E-state index is 3.59. The highest BCUT2D eigenvalue weighted by molar-refractivity contribution is 4.71. The molecular weight excluding hydrogens is 208 g/mol. The van der Waals surface area contributed by atoms with Gasteiger partial charge in [-0.2, -0.15) is 0 Å². The summed E-state index contributed by atoms with van der Waals surface area (Å²) in [4.78, 5) is 2.60. The predicted octanol–water partition coefficient (Wildman–Crippen LogP) is 3.13. The summed E-state index contributed by atoms with van der Waals surface area (Å²) < 4.78 is 0. The fraction of sp³-hybridized carbons (Fsp3) is 1.00. The first-order chi connectivity index (χ1) is 8.00. The minimum atomic E-state index is 0.456. The Bertz CT molecular complexity index is 190. The number of hydrogen-bond acceptors (Lipinski definition) is 2. The van der Waals surface area contributed by atoms with E-state index in [2.05, 4.69) is 37.9 Å². The van der Waals surface area contributed by atoms with E-state index in [0.717, 1.165) is 5.92 Å². The Labute approximate surface area is 108 Å². The van der Waals surface area contributed by atoms with E-state index in [4.69, 9.17) is 0 Å². The Morgan fingerprint density at radius 2 is 1.76 bits per heavy atom. The SMILES string of the molecule is CC(CCNCCCN1CCCC1)C(C)(C)C. The monoisotopic (exact) mass is 240 g/mol. The molecule has 1 heterocycles. The number of hydrogen-bond donors (Lipinski definition) is 1. The van der Waals surface area contributed by atoms with Gasteiger partial charge in [-0.25, -0.2) is 0 Å². The van der Waals surface area contributed by atoms with Crippen LogP contribution in [0.15, 0.2) is 0 Å².